The molecule has 0 aliphatic carbocycles. The van der Waals surface area contributed by atoms with Gasteiger partial charge in [-0.2, -0.15) is 5.26 Å². The minimum Gasteiger partial charge on any atom is -0.454 e. The molecule has 1 unspecified atom stereocenters. The van der Waals surface area contributed by atoms with Crippen LogP contribution >= 0.6 is 0 Å². The quantitative estimate of drug-likeness (QED) is 0.777. The molecule has 1 atom stereocenters. The lowest BCUT2D eigenvalue weighted by Gasteiger charge is -2.47. The Kier molecular flexibility index (Phi) is 2.78. The van der Waals surface area contributed by atoms with Crippen molar-refractivity contribution >= 4 is 5.69 Å². The summed E-state index contributed by atoms with van der Waals surface area (Å²) in [4.78, 5) is 2.31. The highest BCUT2D eigenvalue weighted by Crippen LogP contribution is 2.41. The molecule has 0 aromatic heterocycles. The van der Waals surface area contributed by atoms with E-state index in [0.717, 1.165) is 36.6 Å². The van der Waals surface area contributed by atoms with E-state index >= 15 is 0 Å². The average Bonchev–Trinajstić information content (AvgIpc) is 2.85. The molecule has 2 aliphatic heterocycles. The van der Waals surface area contributed by atoms with E-state index in [-0.39, 0.29) is 11.5 Å². The molecule has 4 nitrogen and oxygen atoms in total. The van der Waals surface area contributed by atoms with E-state index in [1.807, 2.05) is 12.1 Å². The maximum atomic E-state index is 9.32. The van der Waals surface area contributed by atoms with Gasteiger partial charge in [0, 0.05) is 18.3 Å². The van der Waals surface area contributed by atoms with Gasteiger partial charge < -0.3 is 14.4 Å². The van der Waals surface area contributed by atoms with Crippen LogP contribution in [-0.4, -0.2) is 18.9 Å². The zero-order chi connectivity index (χ0) is 13.5. The maximum Gasteiger partial charge on any atom is 0.231 e. The van der Waals surface area contributed by atoms with Gasteiger partial charge in [-0.15, -0.1) is 0 Å². The van der Waals surface area contributed by atoms with Crippen LogP contribution in [0.4, 0.5) is 5.69 Å². The van der Waals surface area contributed by atoms with Crippen LogP contribution in [0.15, 0.2) is 18.2 Å². The Bertz CT molecular complexity index is 533. The van der Waals surface area contributed by atoms with Gasteiger partial charge >= 0.3 is 0 Å². The molecule has 1 fully saturated rings. The van der Waals surface area contributed by atoms with Gasteiger partial charge in [-0.1, -0.05) is 0 Å². The fraction of sp³-hybridized carbons (Fsp3) is 0.533. The summed E-state index contributed by atoms with van der Waals surface area (Å²) in [6.07, 6.45) is 2.03. The van der Waals surface area contributed by atoms with E-state index in [9.17, 15) is 5.26 Å². The zero-order valence-electron chi connectivity index (χ0n) is 11.3. The summed E-state index contributed by atoms with van der Waals surface area (Å²) in [6, 6.07) is 8.47. The molecule has 0 radical (unpaired) electrons. The summed E-state index contributed by atoms with van der Waals surface area (Å²) in [7, 11) is 0. The van der Waals surface area contributed by atoms with E-state index < -0.39 is 0 Å². The number of anilines is 1. The fourth-order valence-corrected chi connectivity index (χ4v) is 3.02. The number of ether oxygens (including phenoxy) is 2. The maximum absolute atomic E-state index is 9.32. The molecule has 0 N–H and O–H groups in total. The molecule has 100 valence electrons. The topological polar surface area (TPSA) is 45.5 Å². The Morgan fingerprint density at radius 2 is 2.11 bits per heavy atom. The molecule has 4 heteroatoms. The van der Waals surface area contributed by atoms with Crippen LogP contribution in [0.2, 0.25) is 0 Å². The second-order valence-corrected chi connectivity index (χ2v) is 5.67. The molecule has 19 heavy (non-hydrogen) atoms. The number of rotatable bonds is 1. The average molecular weight is 258 g/mol. The number of hydrogen-bond acceptors (Lipinski definition) is 4. The molecule has 1 aromatic carbocycles. The Morgan fingerprint density at radius 1 is 1.32 bits per heavy atom. The summed E-state index contributed by atoms with van der Waals surface area (Å²) >= 11 is 0. The third-order valence-corrected chi connectivity index (χ3v) is 4.25. The second kappa shape index (κ2) is 4.34. The molecule has 0 saturated carbocycles. The SMILES string of the molecule is CC1(C)C(C#N)CCCN1c1ccc2c(c1)OCO2. The van der Waals surface area contributed by atoms with Crippen molar-refractivity contribution in [2.24, 2.45) is 5.92 Å². The smallest absolute Gasteiger partial charge is 0.231 e. The summed E-state index contributed by atoms with van der Waals surface area (Å²) in [5.74, 6) is 1.66. The second-order valence-electron chi connectivity index (χ2n) is 5.67. The molecular weight excluding hydrogens is 240 g/mol. The molecule has 3 rings (SSSR count). The highest BCUT2D eigenvalue weighted by atomic mass is 16.7. The van der Waals surface area contributed by atoms with Gasteiger partial charge in [0.05, 0.1) is 17.5 Å². The lowest BCUT2D eigenvalue weighted by atomic mass is 9.79. The molecular formula is C15H18N2O2. The summed E-state index contributed by atoms with van der Waals surface area (Å²) in [5.41, 5.74) is 0.954. The predicted octanol–water partition coefficient (Wildman–Crippen LogP) is 2.93. The third-order valence-electron chi connectivity index (χ3n) is 4.25. The number of fused-ring (bicyclic) bond motifs is 1. The van der Waals surface area contributed by atoms with Crippen LogP contribution in [0.3, 0.4) is 0 Å². The van der Waals surface area contributed by atoms with E-state index in [1.54, 1.807) is 0 Å². The first kappa shape index (κ1) is 12.2. The molecule has 2 aliphatic rings. The molecule has 0 bridgehead atoms. The normalized spacial score (nSPS) is 24.1. The van der Waals surface area contributed by atoms with E-state index in [4.69, 9.17) is 9.47 Å². The Labute approximate surface area is 113 Å². The van der Waals surface area contributed by atoms with Gasteiger partial charge in [0.15, 0.2) is 11.5 Å². The van der Waals surface area contributed by atoms with Crippen molar-refractivity contribution in [3.8, 4) is 17.6 Å². The Balaban J connectivity index is 1.95. The van der Waals surface area contributed by atoms with Gasteiger partial charge in [-0.3, -0.25) is 0 Å². The van der Waals surface area contributed by atoms with Crippen molar-refractivity contribution in [3.63, 3.8) is 0 Å². The highest BCUT2D eigenvalue weighted by molar-refractivity contribution is 5.59. The van der Waals surface area contributed by atoms with Crippen molar-refractivity contribution in [2.75, 3.05) is 18.2 Å². The Morgan fingerprint density at radius 3 is 2.89 bits per heavy atom. The van der Waals surface area contributed by atoms with Gasteiger partial charge in [0.25, 0.3) is 0 Å². The molecule has 2 heterocycles. The lowest BCUT2D eigenvalue weighted by Crippen LogP contribution is -2.53. The van der Waals surface area contributed by atoms with Crippen LogP contribution in [0.5, 0.6) is 11.5 Å². The predicted molar refractivity (Wildman–Crippen MR) is 72.3 cm³/mol. The van der Waals surface area contributed by atoms with Gasteiger partial charge in [0.1, 0.15) is 0 Å². The minimum atomic E-state index is -0.152. The standard InChI is InChI=1S/C15H18N2O2/c1-15(2)11(9-16)4-3-7-17(15)12-5-6-13-14(8-12)19-10-18-13/h5-6,8,11H,3-4,7,10H2,1-2H3. The van der Waals surface area contributed by atoms with E-state index in [1.165, 1.54) is 0 Å². The van der Waals surface area contributed by atoms with Crippen LogP contribution in [0, 0.1) is 17.2 Å². The van der Waals surface area contributed by atoms with Gasteiger partial charge in [-0.25, -0.2) is 0 Å². The first-order chi connectivity index (χ1) is 9.13. The minimum absolute atomic E-state index is 0.0617. The molecule has 1 saturated heterocycles. The Hall–Kier alpha value is -1.89. The van der Waals surface area contributed by atoms with Gasteiger partial charge in [-0.05, 0) is 38.8 Å². The monoisotopic (exact) mass is 258 g/mol. The van der Waals surface area contributed by atoms with E-state index in [0.29, 0.717) is 6.79 Å². The number of benzene rings is 1. The fourth-order valence-electron chi connectivity index (χ4n) is 3.02. The van der Waals surface area contributed by atoms with Crippen molar-refractivity contribution in [3.05, 3.63) is 18.2 Å². The number of nitriles is 1. The zero-order valence-corrected chi connectivity index (χ0v) is 11.3. The molecule has 1 aromatic rings. The van der Waals surface area contributed by atoms with Crippen molar-refractivity contribution in [2.45, 2.75) is 32.2 Å². The van der Waals surface area contributed by atoms with Gasteiger partial charge in [0.2, 0.25) is 6.79 Å². The number of nitrogens with zero attached hydrogens (tertiary/aromatic N) is 2. The molecule has 0 amide bonds. The van der Waals surface area contributed by atoms with Crippen molar-refractivity contribution < 1.29 is 9.47 Å². The van der Waals surface area contributed by atoms with E-state index in [2.05, 4.69) is 30.9 Å². The first-order valence-corrected chi connectivity index (χ1v) is 6.70. The van der Waals surface area contributed by atoms with Crippen molar-refractivity contribution in [1.29, 1.82) is 5.26 Å². The highest BCUT2D eigenvalue weighted by Gasteiger charge is 2.39. The van der Waals surface area contributed by atoms with Crippen LogP contribution in [0.25, 0.3) is 0 Å². The van der Waals surface area contributed by atoms with Crippen LogP contribution in [0.1, 0.15) is 26.7 Å². The summed E-state index contributed by atoms with van der Waals surface area (Å²) < 4.78 is 10.8. The molecule has 0 spiro atoms. The largest absolute Gasteiger partial charge is 0.454 e. The third kappa shape index (κ3) is 1.90. The van der Waals surface area contributed by atoms with Crippen molar-refractivity contribution in [1.82, 2.24) is 0 Å². The lowest BCUT2D eigenvalue weighted by molar-refractivity contribution is 0.174. The van der Waals surface area contributed by atoms with Crippen LogP contribution < -0.4 is 14.4 Å². The summed E-state index contributed by atoms with van der Waals surface area (Å²) in [5, 5.41) is 9.32. The van der Waals surface area contributed by atoms with Crippen LogP contribution in [-0.2, 0) is 0 Å². The number of hydrogen-bond donors (Lipinski definition) is 0. The number of piperidine rings is 1. The summed E-state index contributed by atoms with van der Waals surface area (Å²) in [6.45, 7) is 5.56. The first-order valence-electron chi connectivity index (χ1n) is 6.70.